The Kier molecular flexibility index (Phi) is 2.50. The van der Waals surface area contributed by atoms with Crippen LogP contribution >= 0.6 is 0 Å². The summed E-state index contributed by atoms with van der Waals surface area (Å²) in [5.74, 6) is 2.19. The van der Waals surface area contributed by atoms with E-state index in [-0.39, 0.29) is 0 Å². The summed E-state index contributed by atoms with van der Waals surface area (Å²) < 4.78 is 7.73. The monoisotopic (exact) mass is 285 g/mol. The lowest BCUT2D eigenvalue weighted by Gasteiger charge is -2.25. The van der Waals surface area contributed by atoms with Crippen molar-refractivity contribution >= 4 is 0 Å². The molecule has 21 heavy (non-hydrogen) atoms. The van der Waals surface area contributed by atoms with Gasteiger partial charge in [-0.2, -0.15) is 4.98 Å². The molecule has 2 aromatic rings. The quantitative estimate of drug-likeness (QED) is 0.860. The Balaban J connectivity index is 1.29. The summed E-state index contributed by atoms with van der Waals surface area (Å²) in [7, 11) is 0. The van der Waals surface area contributed by atoms with E-state index in [9.17, 15) is 0 Å². The van der Waals surface area contributed by atoms with Gasteiger partial charge >= 0.3 is 0 Å². The van der Waals surface area contributed by atoms with E-state index >= 15 is 0 Å². The Morgan fingerprint density at radius 3 is 2.95 bits per heavy atom. The first-order valence-corrected chi connectivity index (χ1v) is 7.96. The van der Waals surface area contributed by atoms with Crippen LogP contribution in [0.25, 0.3) is 0 Å². The molecule has 3 heterocycles. The SMILES string of the molecule is c1nc2c(n1C1CC1)CCN(Cc1noc(C3CC3)n1)C2. The smallest absolute Gasteiger partial charge is 0.229 e. The molecular weight excluding hydrogens is 266 g/mol. The van der Waals surface area contributed by atoms with Crippen molar-refractivity contribution in [1.29, 1.82) is 0 Å². The van der Waals surface area contributed by atoms with Gasteiger partial charge in [-0.3, -0.25) is 4.90 Å². The molecule has 0 bridgehead atoms. The standard InChI is InChI=1S/C15H19N5O/c1-2-10(1)15-17-14(18-21-15)8-19-6-5-13-12(7-19)16-9-20(13)11-3-4-11/h9-11H,1-8H2. The second-order valence-electron chi connectivity index (χ2n) is 6.56. The first-order chi connectivity index (χ1) is 10.4. The minimum atomic E-state index is 0.536. The maximum Gasteiger partial charge on any atom is 0.229 e. The molecule has 6 nitrogen and oxygen atoms in total. The second-order valence-corrected chi connectivity index (χ2v) is 6.56. The molecule has 0 spiro atoms. The summed E-state index contributed by atoms with van der Waals surface area (Å²) in [5, 5.41) is 4.12. The van der Waals surface area contributed by atoms with E-state index in [2.05, 4.69) is 24.6 Å². The molecule has 0 saturated heterocycles. The topological polar surface area (TPSA) is 60.0 Å². The molecule has 1 aliphatic heterocycles. The molecule has 0 N–H and O–H groups in total. The second kappa shape index (κ2) is 4.40. The van der Waals surface area contributed by atoms with Crippen LogP contribution in [-0.2, 0) is 19.5 Å². The number of hydrogen-bond acceptors (Lipinski definition) is 5. The predicted octanol–water partition coefficient (Wildman–Crippen LogP) is 2.04. The highest BCUT2D eigenvalue weighted by Gasteiger charge is 2.31. The Hall–Kier alpha value is -1.69. The maximum absolute atomic E-state index is 5.34. The molecule has 0 radical (unpaired) electrons. The molecule has 6 heteroatoms. The van der Waals surface area contributed by atoms with Crippen molar-refractivity contribution in [1.82, 2.24) is 24.6 Å². The Labute approximate surface area is 123 Å². The molecule has 3 aliphatic rings. The summed E-state index contributed by atoms with van der Waals surface area (Å²) >= 11 is 0. The van der Waals surface area contributed by atoms with Crippen molar-refractivity contribution < 1.29 is 4.52 Å². The van der Waals surface area contributed by atoms with Crippen LogP contribution in [0.1, 0.15) is 60.7 Å². The maximum atomic E-state index is 5.34. The van der Waals surface area contributed by atoms with Gasteiger partial charge in [-0.15, -0.1) is 0 Å². The fourth-order valence-electron chi connectivity index (χ4n) is 3.22. The van der Waals surface area contributed by atoms with E-state index in [0.29, 0.717) is 5.92 Å². The van der Waals surface area contributed by atoms with Gasteiger partial charge < -0.3 is 9.09 Å². The first-order valence-electron chi connectivity index (χ1n) is 7.96. The van der Waals surface area contributed by atoms with Crippen LogP contribution in [0.3, 0.4) is 0 Å². The molecule has 110 valence electrons. The van der Waals surface area contributed by atoms with Crippen LogP contribution in [-0.4, -0.2) is 31.1 Å². The summed E-state index contributed by atoms with van der Waals surface area (Å²) in [4.78, 5) is 11.5. The predicted molar refractivity (Wildman–Crippen MR) is 74.6 cm³/mol. The minimum Gasteiger partial charge on any atom is -0.339 e. The molecular formula is C15H19N5O. The highest BCUT2D eigenvalue weighted by molar-refractivity contribution is 5.18. The van der Waals surface area contributed by atoms with Gasteiger partial charge in [0.25, 0.3) is 0 Å². The normalized spacial score (nSPS) is 22.5. The molecule has 2 aliphatic carbocycles. The summed E-state index contributed by atoms with van der Waals surface area (Å²) in [5.41, 5.74) is 2.68. The minimum absolute atomic E-state index is 0.536. The van der Waals surface area contributed by atoms with Gasteiger partial charge in [0.1, 0.15) is 0 Å². The average Bonchev–Trinajstić information content (AvgIpc) is 3.43. The van der Waals surface area contributed by atoms with Gasteiger partial charge in [0.15, 0.2) is 5.82 Å². The fourth-order valence-corrected chi connectivity index (χ4v) is 3.22. The van der Waals surface area contributed by atoms with Gasteiger partial charge in [0, 0.05) is 37.2 Å². The Morgan fingerprint density at radius 2 is 2.14 bits per heavy atom. The molecule has 0 amide bonds. The lowest BCUT2D eigenvalue weighted by molar-refractivity contribution is 0.230. The van der Waals surface area contributed by atoms with Gasteiger partial charge in [0.2, 0.25) is 5.89 Å². The van der Waals surface area contributed by atoms with E-state index in [1.54, 1.807) is 0 Å². The molecule has 0 atom stereocenters. The first kappa shape index (κ1) is 11.9. The number of nitrogens with zero attached hydrogens (tertiary/aromatic N) is 5. The average molecular weight is 285 g/mol. The molecule has 2 fully saturated rings. The van der Waals surface area contributed by atoms with Crippen molar-refractivity contribution in [3.8, 4) is 0 Å². The lowest BCUT2D eigenvalue weighted by Crippen LogP contribution is -2.31. The zero-order valence-electron chi connectivity index (χ0n) is 12.0. The van der Waals surface area contributed by atoms with Crippen molar-refractivity contribution in [3.63, 3.8) is 0 Å². The van der Waals surface area contributed by atoms with Crippen LogP contribution < -0.4 is 0 Å². The Morgan fingerprint density at radius 1 is 1.24 bits per heavy atom. The van der Waals surface area contributed by atoms with Gasteiger partial charge in [-0.25, -0.2) is 4.98 Å². The van der Waals surface area contributed by atoms with E-state index in [1.165, 1.54) is 37.1 Å². The highest BCUT2D eigenvalue weighted by Crippen LogP contribution is 2.39. The third-order valence-electron chi connectivity index (χ3n) is 4.74. The van der Waals surface area contributed by atoms with E-state index in [0.717, 1.165) is 43.8 Å². The molecule has 5 rings (SSSR count). The third-order valence-corrected chi connectivity index (χ3v) is 4.74. The van der Waals surface area contributed by atoms with Gasteiger partial charge in [-0.1, -0.05) is 5.16 Å². The molecule has 0 unspecified atom stereocenters. The summed E-state index contributed by atoms with van der Waals surface area (Å²) in [6.45, 7) is 2.73. The van der Waals surface area contributed by atoms with Crippen LogP contribution in [0.15, 0.2) is 10.9 Å². The highest BCUT2D eigenvalue weighted by atomic mass is 16.5. The van der Waals surface area contributed by atoms with E-state index in [4.69, 9.17) is 4.52 Å². The Bertz CT molecular complexity index is 667. The summed E-state index contributed by atoms with van der Waals surface area (Å²) in [6, 6.07) is 0.728. The molecule has 2 saturated carbocycles. The van der Waals surface area contributed by atoms with Crippen molar-refractivity contribution in [2.24, 2.45) is 0 Å². The largest absolute Gasteiger partial charge is 0.339 e. The molecule has 0 aromatic carbocycles. The number of fused-ring (bicyclic) bond motifs is 1. The van der Waals surface area contributed by atoms with Crippen LogP contribution in [0.2, 0.25) is 0 Å². The van der Waals surface area contributed by atoms with Crippen molar-refractivity contribution in [2.75, 3.05) is 6.54 Å². The summed E-state index contributed by atoms with van der Waals surface area (Å²) in [6.07, 6.45) is 8.16. The van der Waals surface area contributed by atoms with Gasteiger partial charge in [-0.05, 0) is 25.7 Å². The fraction of sp³-hybridized carbons (Fsp3) is 0.667. The van der Waals surface area contributed by atoms with Gasteiger partial charge in [0.05, 0.1) is 18.6 Å². The van der Waals surface area contributed by atoms with Crippen LogP contribution in [0, 0.1) is 0 Å². The zero-order valence-corrected chi connectivity index (χ0v) is 12.0. The number of aromatic nitrogens is 4. The van der Waals surface area contributed by atoms with E-state index < -0.39 is 0 Å². The van der Waals surface area contributed by atoms with Crippen molar-refractivity contribution in [2.45, 2.75) is 57.2 Å². The number of rotatable bonds is 4. The number of hydrogen-bond donors (Lipinski definition) is 0. The molecule has 2 aromatic heterocycles. The van der Waals surface area contributed by atoms with Crippen LogP contribution in [0.4, 0.5) is 0 Å². The zero-order chi connectivity index (χ0) is 13.8. The van der Waals surface area contributed by atoms with E-state index in [1.807, 2.05) is 6.33 Å². The van der Waals surface area contributed by atoms with Crippen molar-refractivity contribution in [3.05, 3.63) is 29.4 Å². The van der Waals surface area contributed by atoms with Crippen LogP contribution in [0.5, 0.6) is 0 Å². The number of imidazole rings is 1. The third kappa shape index (κ3) is 2.18. The lowest BCUT2D eigenvalue weighted by atomic mass is 10.1.